The molecule has 21 heavy (non-hydrogen) atoms. The fourth-order valence-corrected chi connectivity index (χ4v) is 4.83. The topological polar surface area (TPSA) is 49.4 Å². The molecule has 0 saturated heterocycles. The number of nitrogens with zero attached hydrogens (tertiary/aromatic N) is 1. The van der Waals surface area contributed by atoms with E-state index in [0.717, 1.165) is 31.2 Å². The van der Waals surface area contributed by atoms with Crippen molar-refractivity contribution < 1.29 is 8.42 Å². The van der Waals surface area contributed by atoms with Gasteiger partial charge < -0.3 is 5.32 Å². The van der Waals surface area contributed by atoms with Gasteiger partial charge in [0.1, 0.15) is 0 Å². The van der Waals surface area contributed by atoms with Gasteiger partial charge in [-0.2, -0.15) is 4.31 Å². The summed E-state index contributed by atoms with van der Waals surface area (Å²) in [4.78, 5) is 0.313. The van der Waals surface area contributed by atoms with Gasteiger partial charge in [0, 0.05) is 24.2 Å². The van der Waals surface area contributed by atoms with Gasteiger partial charge in [-0.1, -0.05) is 17.7 Å². The van der Waals surface area contributed by atoms with Crippen LogP contribution in [0.1, 0.15) is 31.2 Å². The Kier molecular flexibility index (Phi) is 5.30. The summed E-state index contributed by atoms with van der Waals surface area (Å²) in [5.74, 6) is 0. The lowest BCUT2D eigenvalue weighted by Gasteiger charge is -2.34. The number of benzene rings is 1. The van der Waals surface area contributed by atoms with Crippen molar-refractivity contribution in [1.82, 2.24) is 9.62 Å². The molecule has 6 heteroatoms. The highest BCUT2D eigenvalue weighted by Crippen LogP contribution is 2.29. The first kappa shape index (κ1) is 16.7. The molecule has 1 fully saturated rings. The Morgan fingerprint density at radius 2 is 1.86 bits per heavy atom. The third-order valence-corrected chi connectivity index (χ3v) is 6.71. The summed E-state index contributed by atoms with van der Waals surface area (Å²) in [7, 11) is 0.152. The lowest BCUT2D eigenvalue weighted by molar-refractivity contribution is 0.255. The van der Waals surface area contributed by atoms with E-state index in [1.165, 1.54) is 4.31 Å². The smallest absolute Gasteiger partial charge is 0.243 e. The third kappa shape index (κ3) is 3.59. The monoisotopic (exact) mass is 330 g/mol. The number of hydrogen-bond donors (Lipinski definition) is 1. The molecule has 1 aliphatic rings. The highest BCUT2D eigenvalue weighted by Gasteiger charge is 2.32. The van der Waals surface area contributed by atoms with E-state index in [-0.39, 0.29) is 6.04 Å². The maximum absolute atomic E-state index is 12.8. The molecule has 0 atom stereocenters. The second kappa shape index (κ2) is 6.65. The lowest BCUT2D eigenvalue weighted by atomic mass is 9.91. The van der Waals surface area contributed by atoms with E-state index in [1.807, 2.05) is 7.05 Å². The SMILES string of the molecule is CNC1CCC(N(C)S(=O)(=O)c2cc(Cl)ccc2C)CC1. The van der Waals surface area contributed by atoms with Crippen molar-refractivity contribution >= 4 is 21.6 Å². The molecule has 1 aromatic carbocycles. The fourth-order valence-electron chi connectivity index (χ4n) is 2.93. The largest absolute Gasteiger partial charge is 0.317 e. The Bertz CT molecular complexity index is 596. The van der Waals surface area contributed by atoms with Gasteiger partial charge in [-0.3, -0.25) is 0 Å². The molecule has 4 nitrogen and oxygen atoms in total. The van der Waals surface area contributed by atoms with E-state index in [9.17, 15) is 8.42 Å². The predicted octanol–water partition coefficient (Wildman–Crippen LogP) is 2.80. The molecule has 2 rings (SSSR count). The van der Waals surface area contributed by atoms with Gasteiger partial charge >= 0.3 is 0 Å². The summed E-state index contributed by atoms with van der Waals surface area (Å²) in [6.45, 7) is 1.80. The molecule has 0 heterocycles. The summed E-state index contributed by atoms with van der Waals surface area (Å²) >= 11 is 5.96. The van der Waals surface area contributed by atoms with Crippen LogP contribution in [0.25, 0.3) is 0 Å². The van der Waals surface area contributed by atoms with Crippen LogP contribution in [-0.4, -0.2) is 38.9 Å². The van der Waals surface area contributed by atoms with Crippen molar-refractivity contribution in [2.75, 3.05) is 14.1 Å². The summed E-state index contributed by atoms with van der Waals surface area (Å²) < 4.78 is 27.1. The van der Waals surface area contributed by atoms with Crippen LogP contribution >= 0.6 is 11.6 Å². The third-order valence-electron chi connectivity index (χ3n) is 4.43. The van der Waals surface area contributed by atoms with E-state index in [2.05, 4.69) is 5.32 Å². The second-order valence-corrected chi connectivity index (χ2v) is 8.13. The van der Waals surface area contributed by atoms with Gasteiger partial charge in [-0.25, -0.2) is 8.42 Å². The normalized spacial score (nSPS) is 23.5. The molecule has 0 spiro atoms. The predicted molar refractivity (Wildman–Crippen MR) is 86.2 cm³/mol. The molecule has 118 valence electrons. The molecule has 1 aromatic rings. The average molecular weight is 331 g/mol. The molecule has 1 aliphatic carbocycles. The first-order valence-corrected chi connectivity index (χ1v) is 9.09. The number of rotatable bonds is 4. The zero-order valence-electron chi connectivity index (χ0n) is 12.8. The molecule has 0 radical (unpaired) electrons. The highest BCUT2D eigenvalue weighted by molar-refractivity contribution is 7.89. The minimum Gasteiger partial charge on any atom is -0.317 e. The maximum atomic E-state index is 12.8. The number of hydrogen-bond acceptors (Lipinski definition) is 3. The maximum Gasteiger partial charge on any atom is 0.243 e. The average Bonchev–Trinajstić information content (AvgIpc) is 2.49. The quantitative estimate of drug-likeness (QED) is 0.923. The van der Waals surface area contributed by atoms with Gasteiger partial charge in [-0.15, -0.1) is 0 Å². The summed E-state index contributed by atoms with van der Waals surface area (Å²) in [6.07, 6.45) is 3.80. The molecule has 0 aromatic heterocycles. The molecule has 1 saturated carbocycles. The molecular weight excluding hydrogens is 308 g/mol. The molecule has 1 N–H and O–H groups in total. The zero-order valence-corrected chi connectivity index (χ0v) is 14.3. The van der Waals surface area contributed by atoms with Crippen LogP contribution in [0, 0.1) is 6.92 Å². The van der Waals surface area contributed by atoms with Crippen LogP contribution in [0.3, 0.4) is 0 Å². The zero-order chi connectivity index (χ0) is 15.6. The van der Waals surface area contributed by atoms with Gasteiger partial charge in [0.2, 0.25) is 10.0 Å². The minimum absolute atomic E-state index is 0.0676. The Hall–Kier alpha value is -0.620. The number of aryl methyl sites for hydroxylation is 1. The molecule has 0 aliphatic heterocycles. The molecular formula is C15H23ClN2O2S. The van der Waals surface area contributed by atoms with Crippen molar-refractivity contribution in [3.63, 3.8) is 0 Å². The van der Waals surface area contributed by atoms with Crippen LogP contribution < -0.4 is 5.32 Å². The summed E-state index contributed by atoms with van der Waals surface area (Å²) in [6, 6.07) is 5.58. The lowest BCUT2D eigenvalue weighted by Crippen LogP contribution is -2.42. The standard InChI is InChI=1S/C15H23ClN2O2S/c1-11-4-5-12(16)10-15(11)21(19,20)18(3)14-8-6-13(17-2)7-9-14/h4-5,10,13-14,17H,6-9H2,1-3H3. The number of sulfonamides is 1. The van der Waals surface area contributed by atoms with Gasteiger partial charge in [0.25, 0.3) is 0 Å². The first-order chi connectivity index (χ1) is 9.86. The minimum atomic E-state index is -3.49. The Balaban J connectivity index is 2.21. The van der Waals surface area contributed by atoms with Crippen molar-refractivity contribution in [1.29, 1.82) is 0 Å². The van der Waals surface area contributed by atoms with Crippen molar-refractivity contribution in [3.8, 4) is 0 Å². The van der Waals surface area contributed by atoms with E-state index in [0.29, 0.717) is 16.0 Å². The summed E-state index contributed by atoms with van der Waals surface area (Å²) in [5.41, 5.74) is 0.732. The van der Waals surface area contributed by atoms with Crippen molar-refractivity contribution in [2.45, 2.75) is 49.6 Å². The summed E-state index contributed by atoms with van der Waals surface area (Å²) in [5, 5.41) is 3.72. The Morgan fingerprint density at radius 3 is 2.43 bits per heavy atom. The highest BCUT2D eigenvalue weighted by atomic mass is 35.5. The Labute approximate surface area is 132 Å². The fraction of sp³-hybridized carbons (Fsp3) is 0.600. The van der Waals surface area contributed by atoms with Crippen LogP contribution in [0.5, 0.6) is 0 Å². The van der Waals surface area contributed by atoms with Crippen molar-refractivity contribution in [3.05, 3.63) is 28.8 Å². The van der Waals surface area contributed by atoms with Crippen molar-refractivity contribution in [2.24, 2.45) is 0 Å². The van der Waals surface area contributed by atoms with Crippen LogP contribution in [0.2, 0.25) is 5.02 Å². The molecule has 0 amide bonds. The number of nitrogens with one attached hydrogen (secondary N) is 1. The van der Waals surface area contributed by atoms with E-state index >= 15 is 0 Å². The Morgan fingerprint density at radius 1 is 1.24 bits per heavy atom. The van der Waals surface area contributed by atoms with Crippen LogP contribution in [0.4, 0.5) is 0 Å². The molecule has 0 bridgehead atoms. The van der Waals surface area contributed by atoms with Gasteiger partial charge in [0.15, 0.2) is 0 Å². The van der Waals surface area contributed by atoms with E-state index in [1.54, 1.807) is 32.2 Å². The van der Waals surface area contributed by atoms with Gasteiger partial charge in [-0.05, 0) is 57.4 Å². The second-order valence-electron chi connectivity index (χ2n) is 5.73. The van der Waals surface area contributed by atoms with E-state index < -0.39 is 10.0 Å². The van der Waals surface area contributed by atoms with Gasteiger partial charge in [0.05, 0.1) is 4.90 Å². The van der Waals surface area contributed by atoms with Crippen LogP contribution in [0.15, 0.2) is 23.1 Å². The number of halogens is 1. The molecule has 0 unspecified atom stereocenters. The van der Waals surface area contributed by atoms with E-state index in [4.69, 9.17) is 11.6 Å². The first-order valence-electron chi connectivity index (χ1n) is 7.27. The van der Waals surface area contributed by atoms with Crippen LogP contribution in [-0.2, 0) is 10.0 Å².